The van der Waals surface area contributed by atoms with Crippen molar-refractivity contribution in [3.8, 4) is 0 Å². The normalized spacial score (nSPS) is 16.5. The Bertz CT molecular complexity index is 723. The number of fused-ring (bicyclic) bond motifs is 1. The van der Waals surface area contributed by atoms with E-state index in [1.54, 1.807) is 27.8 Å². The number of hydrogen-bond acceptors (Lipinski definition) is 4. The quantitative estimate of drug-likeness (QED) is 0.854. The van der Waals surface area contributed by atoms with Gasteiger partial charge in [0.2, 0.25) is 10.0 Å². The molecule has 0 N–H and O–H groups in total. The Morgan fingerprint density at radius 3 is 2.48 bits per heavy atom. The number of benzene rings is 1. The molecule has 0 saturated carbocycles. The van der Waals surface area contributed by atoms with Crippen LogP contribution in [0.1, 0.15) is 21.1 Å². The standard InChI is InChI=1S/C15H18N2O2S2/c1-11-3-5-13(6-4-11)21(18,19)17-9-7-14-15(8-10-17)20-12(2)16-14/h3-6H,7-10H2,1-2H3. The minimum Gasteiger partial charge on any atom is -0.246 e. The molecule has 1 aromatic carbocycles. The maximum atomic E-state index is 12.7. The van der Waals surface area contributed by atoms with Gasteiger partial charge in [-0.05, 0) is 32.4 Å². The molecule has 1 aromatic heterocycles. The van der Waals surface area contributed by atoms with Crippen molar-refractivity contribution in [1.82, 2.24) is 9.29 Å². The molecule has 0 aliphatic carbocycles. The predicted octanol–water partition coefficient (Wildman–Crippen LogP) is 2.55. The van der Waals surface area contributed by atoms with Gasteiger partial charge in [-0.15, -0.1) is 11.3 Å². The molecule has 6 heteroatoms. The first-order chi connectivity index (χ1) is 9.96. The van der Waals surface area contributed by atoms with E-state index in [1.165, 1.54) is 4.88 Å². The van der Waals surface area contributed by atoms with Gasteiger partial charge < -0.3 is 0 Å². The van der Waals surface area contributed by atoms with E-state index in [1.807, 2.05) is 26.0 Å². The second-order valence-corrected chi connectivity index (χ2v) is 8.55. The molecule has 112 valence electrons. The highest BCUT2D eigenvalue weighted by atomic mass is 32.2. The first-order valence-corrected chi connectivity index (χ1v) is 9.24. The fraction of sp³-hybridized carbons (Fsp3) is 0.400. The fourth-order valence-corrected chi connectivity index (χ4v) is 4.98. The molecule has 21 heavy (non-hydrogen) atoms. The van der Waals surface area contributed by atoms with Crippen LogP contribution in [0, 0.1) is 13.8 Å². The zero-order valence-corrected chi connectivity index (χ0v) is 13.8. The zero-order valence-electron chi connectivity index (χ0n) is 12.2. The highest BCUT2D eigenvalue weighted by molar-refractivity contribution is 7.89. The highest BCUT2D eigenvalue weighted by Gasteiger charge is 2.27. The van der Waals surface area contributed by atoms with Crippen LogP contribution >= 0.6 is 11.3 Å². The maximum absolute atomic E-state index is 12.7. The van der Waals surface area contributed by atoms with Crippen molar-refractivity contribution < 1.29 is 8.42 Å². The van der Waals surface area contributed by atoms with Crippen LogP contribution in [0.15, 0.2) is 29.2 Å². The van der Waals surface area contributed by atoms with Crippen LogP contribution in [0.25, 0.3) is 0 Å². The van der Waals surface area contributed by atoms with Gasteiger partial charge in [0, 0.05) is 24.4 Å². The first kappa shape index (κ1) is 14.7. The van der Waals surface area contributed by atoms with Crippen molar-refractivity contribution >= 4 is 21.4 Å². The molecule has 1 aliphatic heterocycles. The minimum absolute atomic E-state index is 0.377. The van der Waals surface area contributed by atoms with Crippen LogP contribution in [0.3, 0.4) is 0 Å². The average molecular weight is 322 g/mol. The van der Waals surface area contributed by atoms with Gasteiger partial charge in [-0.25, -0.2) is 13.4 Å². The summed E-state index contributed by atoms with van der Waals surface area (Å²) in [6, 6.07) is 7.06. The van der Waals surface area contributed by atoms with E-state index in [-0.39, 0.29) is 0 Å². The molecular formula is C15H18N2O2S2. The van der Waals surface area contributed by atoms with Gasteiger partial charge in [0.25, 0.3) is 0 Å². The van der Waals surface area contributed by atoms with E-state index in [0.29, 0.717) is 24.4 Å². The molecule has 0 spiro atoms. The van der Waals surface area contributed by atoms with Crippen LogP contribution in [-0.2, 0) is 22.9 Å². The third-order valence-electron chi connectivity index (χ3n) is 3.73. The summed E-state index contributed by atoms with van der Waals surface area (Å²) < 4.78 is 27.0. The summed E-state index contributed by atoms with van der Waals surface area (Å²) in [6.45, 7) is 4.99. The molecule has 0 bridgehead atoms. The fourth-order valence-electron chi connectivity index (χ4n) is 2.57. The molecule has 4 nitrogen and oxygen atoms in total. The monoisotopic (exact) mass is 322 g/mol. The molecule has 0 atom stereocenters. The van der Waals surface area contributed by atoms with Crippen LogP contribution in [0.4, 0.5) is 0 Å². The zero-order chi connectivity index (χ0) is 15.0. The van der Waals surface area contributed by atoms with E-state index in [2.05, 4.69) is 4.98 Å². The Labute approximate surface area is 129 Å². The lowest BCUT2D eigenvalue weighted by atomic mass is 10.2. The largest absolute Gasteiger partial charge is 0.246 e. The number of sulfonamides is 1. The molecule has 0 saturated heterocycles. The number of hydrogen-bond donors (Lipinski definition) is 0. The minimum atomic E-state index is -3.40. The van der Waals surface area contributed by atoms with Gasteiger partial charge in [-0.2, -0.15) is 4.31 Å². The molecular weight excluding hydrogens is 304 g/mol. The van der Waals surface area contributed by atoms with Gasteiger partial charge in [0.1, 0.15) is 0 Å². The Morgan fingerprint density at radius 2 is 1.76 bits per heavy atom. The lowest BCUT2D eigenvalue weighted by Crippen LogP contribution is -2.33. The Morgan fingerprint density at radius 1 is 1.10 bits per heavy atom. The van der Waals surface area contributed by atoms with Crippen LogP contribution in [-0.4, -0.2) is 30.8 Å². The second-order valence-electron chi connectivity index (χ2n) is 5.32. The summed E-state index contributed by atoms with van der Waals surface area (Å²) in [4.78, 5) is 6.12. The van der Waals surface area contributed by atoms with E-state index in [4.69, 9.17) is 0 Å². The molecule has 0 radical (unpaired) electrons. The molecule has 0 fully saturated rings. The molecule has 2 aromatic rings. The Kier molecular flexibility index (Phi) is 3.86. The van der Waals surface area contributed by atoms with Crippen molar-refractivity contribution in [1.29, 1.82) is 0 Å². The van der Waals surface area contributed by atoms with E-state index in [0.717, 1.165) is 22.7 Å². The molecule has 3 rings (SSSR count). The van der Waals surface area contributed by atoms with Crippen molar-refractivity contribution in [3.63, 3.8) is 0 Å². The summed E-state index contributed by atoms with van der Waals surface area (Å²) >= 11 is 1.68. The number of thiazole rings is 1. The predicted molar refractivity (Wildman–Crippen MR) is 84.2 cm³/mol. The Balaban J connectivity index is 1.84. The van der Waals surface area contributed by atoms with Crippen LogP contribution < -0.4 is 0 Å². The van der Waals surface area contributed by atoms with E-state index >= 15 is 0 Å². The van der Waals surface area contributed by atoms with Crippen LogP contribution in [0.5, 0.6) is 0 Å². The van der Waals surface area contributed by atoms with Crippen molar-refractivity contribution in [2.75, 3.05) is 13.1 Å². The molecule has 0 amide bonds. The number of rotatable bonds is 2. The Hall–Kier alpha value is -1.24. The van der Waals surface area contributed by atoms with Gasteiger partial charge in [0.15, 0.2) is 0 Å². The third-order valence-corrected chi connectivity index (χ3v) is 6.72. The number of aryl methyl sites for hydroxylation is 2. The smallest absolute Gasteiger partial charge is 0.243 e. The van der Waals surface area contributed by atoms with Gasteiger partial charge in [0.05, 0.1) is 15.6 Å². The first-order valence-electron chi connectivity index (χ1n) is 6.99. The summed E-state index contributed by atoms with van der Waals surface area (Å²) in [5.41, 5.74) is 2.13. The lowest BCUT2D eigenvalue weighted by Gasteiger charge is -2.19. The molecule has 2 heterocycles. The van der Waals surface area contributed by atoms with Crippen LogP contribution in [0.2, 0.25) is 0 Å². The molecule has 1 aliphatic rings. The van der Waals surface area contributed by atoms with Crippen molar-refractivity contribution in [2.45, 2.75) is 31.6 Å². The maximum Gasteiger partial charge on any atom is 0.243 e. The van der Waals surface area contributed by atoms with Gasteiger partial charge >= 0.3 is 0 Å². The van der Waals surface area contributed by atoms with Gasteiger partial charge in [-0.1, -0.05) is 17.7 Å². The van der Waals surface area contributed by atoms with E-state index in [9.17, 15) is 8.42 Å². The highest BCUT2D eigenvalue weighted by Crippen LogP contribution is 2.25. The summed E-state index contributed by atoms with van der Waals surface area (Å²) in [6.07, 6.45) is 1.46. The lowest BCUT2D eigenvalue weighted by molar-refractivity contribution is 0.426. The topological polar surface area (TPSA) is 50.3 Å². The summed E-state index contributed by atoms with van der Waals surface area (Å²) in [5.74, 6) is 0. The SMILES string of the molecule is Cc1ccc(S(=O)(=O)N2CCc3nc(C)sc3CC2)cc1. The summed E-state index contributed by atoms with van der Waals surface area (Å²) in [7, 11) is -3.40. The third kappa shape index (κ3) is 2.88. The van der Waals surface area contributed by atoms with Crippen molar-refractivity contribution in [3.05, 3.63) is 45.4 Å². The van der Waals surface area contributed by atoms with E-state index < -0.39 is 10.0 Å². The van der Waals surface area contributed by atoms with Gasteiger partial charge in [-0.3, -0.25) is 0 Å². The second kappa shape index (κ2) is 5.51. The van der Waals surface area contributed by atoms with Crippen molar-refractivity contribution in [2.24, 2.45) is 0 Å². The average Bonchev–Trinajstić information content (AvgIpc) is 2.67. The summed E-state index contributed by atoms with van der Waals surface area (Å²) in [5, 5.41) is 1.06. The number of nitrogens with zero attached hydrogens (tertiary/aromatic N) is 2. The number of aromatic nitrogens is 1. The molecule has 0 unspecified atom stereocenters.